The Morgan fingerprint density at radius 1 is 1.08 bits per heavy atom. The number of unbranched alkanes of at least 4 members (excludes halogenated alkanes) is 4. The van der Waals surface area contributed by atoms with Gasteiger partial charge < -0.3 is 0 Å². The van der Waals surface area contributed by atoms with Gasteiger partial charge in [-0.2, -0.15) is 0 Å². The van der Waals surface area contributed by atoms with Crippen molar-refractivity contribution < 1.29 is 0 Å². The van der Waals surface area contributed by atoms with Crippen molar-refractivity contribution >= 4 is 0 Å². The second kappa shape index (κ2) is 10.3. The molecule has 0 unspecified atom stereocenters. The zero-order chi connectivity index (χ0) is 9.07. The average Bonchev–Trinajstić information content (AvgIpc) is 2.10. The molecule has 0 aliphatic rings. The first-order valence-corrected chi connectivity index (χ1v) is 5.05. The quantitative estimate of drug-likeness (QED) is 0.426. The summed E-state index contributed by atoms with van der Waals surface area (Å²) < 4.78 is 0. The Hall–Kier alpha value is -0.700. The highest BCUT2D eigenvalue weighted by Gasteiger charge is 1.79. The van der Waals surface area contributed by atoms with Gasteiger partial charge in [0.05, 0.1) is 0 Å². The monoisotopic (exact) mass is 164 g/mol. The number of hydrogen-bond acceptors (Lipinski definition) is 0. The Labute approximate surface area is 77.1 Å². The average molecular weight is 164 g/mol. The molecule has 0 aliphatic heterocycles. The van der Waals surface area contributed by atoms with Gasteiger partial charge in [-0.1, -0.05) is 51.0 Å². The second-order valence-corrected chi connectivity index (χ2v) is 2.97. The maximum Gasteiger partial charge on any atom is 0.00922 e. The predicted molar refractivity (Wildman–Crippen MR) is 56.0 cm³/mol. The van der Waals surface area contributed by atoms with E-state index in [4.69, 9.17) is 0 Å². The van der Waals surface area contributed by atoms with E-state index in [-0.39, 0.29) is 0 Å². The van der Waals surface area contributed by atoms with Crippen molar-refractivity contribution in [2.24, 2.45) is 0 Å². The molecule has 0 spiro atoms. The molecule has 0 atom stereocenters. The van der Waals surface area contributed by atoms with Gasteiger partial charge in [0, 0.05) is 6.42 Å². The molecule has 12 heavy (non-hydrogen) atoms. The van der Waals surface area contributed by atoms with Gasteiger partial charge in [0.2, 0.25) is 0 Å². The van der Waals surface area contributed by atoms with Crippen LogP contribution in [-0.2, 0) is 0 Å². The summed E-state index contributed by atoms with van der Waals surface area (Å²) in [6.45, 7) is 4.40. The van der Waals surface area contributed by atoms with E-state index in [9.17, 15) is 0 Å². The summed E-state index contributed by atoms with van der Waals surface area (Å²) >= 11 is 0. The maximum absolute atomic E-state index is 3.14. The summed E-state index contributed by atoms with van der Waals surface area (Å²) in [7, 11) is 0. The molecule has 0 aromatic heterocycles. The van der Waals surface area contributed by atoms with E-state index < -0.39 is 0 Å². The fourth-order valence-electron chi connectivity index (χ4n) is 0.903. The fraction of sp³-hybridized carbons (Fsp3) is 0.667. The molecule has 0 N–H and O–H groups in total. The molecule has 0 amide bonds. The molecule has 0 aromatic carbocycles. The van der Waals surface area contributed by atoms with E-state index in [1.165, 1.54) is 25.7 Å². The van der Waals surface area contributed by atoms with Crippen LogP contribution < -0.4 is 0 Å². The third-order valence-electron chi connectivity index (χ3n) is 1.66. The topological polar surface area (TPSA) is 0 Å². The minimum absolute atomic E-state index is 1.06. The van der Waals surface area contributed by atoms with Gasteiger partial charge in [0.15, 0.2) is 0 Å². The summed E-state index contributed by atoms with van der Waals surface area (Å²) in [5.41, 5.74) is 0. The minimum Gasteiger partial charge on any atom is -0.0985 e. The van der Waals surface area contributed by atoms with Gasteiger partial charge >= 0.3 is 0 Å². The summed E-state index contributed by atoms with van der Waals surface area (Å²) in [5, 5.41) is 0. The highest BCUT2D eigenvalue weighted by molar-refractivity contribution is 5.14. The lowest BCUT2D eigenvalue weighted by molar-refractivity contribution is 0.737. The van der Waals surface area contributed by atoms with E-state index in [0.29, 0.717) is 0 Å². The standard InChI is InChI=1S/C12H20/c1-3-5-7-9-11-12-10-8-6-4-2/h7,9H,3-6,8,10H2,1-2H3/b9-7+. The molecule has 0 radical (unpaired) electrons. The van der Waals surface area contributed by atoms with Crippen molar-refractivity contribution in [1.82, 2.24) is 0 Å². The van der Waals surface area contributed by atoms with Crippen LogP contribution in [0.2, 0.25) is 0 Å². The Morgan fingerprint density at radius 3 is 2.58 bits per heavy atom. The largest absolute Gasteiger partial charge is 0.0985 e. The van der Waals surface area contributed by atoms with Crippen molar-refractivity contribution in [2.45, 2.75) is 52.4 Å². The SMILES string of the molecule is CCC/C=C/C#CCCCCC. The first-order chi connectivity index (χ1) is 5.91. The smallest absolute Gasteiger partial charge is 0.00922 e. The number of allylic oxidation sites excluding steroid dienone is 2. The third kappa shape index (κ3) is 9.30. The first kappa shape index (κ1) is 11.3. The normalized spacial score (nSPS) is 9.83. The van der Waals surface area contributed by atoms with Crippen LogP contribution in [0.5, 0.6) is 0 Å². The van der Waals surface area contributed by atoms with Crippen LogP contribution in [-0.4, -0.2) is 0 Å². The van der Waals surface area contributed by atoms with Crippen LogP contribution in [0, 0.1) is 11.8 Å². The van der Waals surface area contributed by atoms with Gasteiger partial charge in [0.25, 0.3) is 0 Å². The fourth-order valence-corrected chi connectivity index (χ4v) is 0.903. The van der Waals surface area contributed by atoms with E-state index in [0.717, 1.165) is 12.8 Å². The van der Waals surface area contributed by atoms with Gasteiger partial charge in [-0.3, -0.25) is 0 Å². The van der Waals surface area contributed by atoms with Crippen LogP contribution in [0.25, 0.3) is 0 Å². The zero-order valence-corrected chi connectivity index (χ0v) is 8.40. The summed E-state index contributed by atoms with van der Waals surface area (Å²) in [6.07, 6.45) is 11.4. The Balaban J connectivity index is 3.22. The molecule has 0 bridgehead atoms. The van der Waals surface area contributed by atoms with E-state index in [1.54, 1.807) is 0 Å². The van der Waals surface area contributed by atoms with Gasteiger partial charge in [0.1, 0.15) is 0 Å². The predicted octanol–water partition coefficient (Wildman–Crippen LogP) is 3.93. The summed E-state index contributed by atoms with van der Waals surface area (Å²) in [5.74, 6) is 6.19. The van der Waals surface area contributed by atoms with Crippen LogP contribution in [0.3, 0.4) is 0 Å². The van der Waals surface area contributed by atoms with E-state index in [1.807, 2.05) is 6.08 Å². The second-order valence-electron chi connectivity index (χ2n) is 2.97. The molecule has 0 heteroatoms. The van der Waals surface area contributed by atoms with Gasteiger partial charge in [-0.25, -0.2) is 0 Å². The molecule has 0 aromatic rings. The molecule has 0 heterocycles. The zero-order valence-electron chi connectivity index (χ0n) is 8.40. The molecular weight excluding hydrogens is 144 g/mol. The van der Waals surface area contributed by atoms with Crippen molar-refractivity contribution in [2.75, 3.05) is 0 Å². The molecule has 68 valence electrons. The van der Waals surface area contributed by atoms with Gasteiger partial charge in [-0.05, 0) is 18.9 Å². The van der Waals surface area contributed by atoms with Crippen LogP contribution in [0.15, 0.2) is 12.2 Å². The van der Waals surface area contributed by atoms with E-state index in [2.05, 4.69) is 31.8 Å². The Kier molecular flexibility index (Phi) is 9.70. The number of rotatable bonds is 5. The van der Waals surface area contributed by atoms with Crippen LogP contribution >= 0.6 is 0 Å². The first-order valence-electron chi connectivity index (χ1n) is 5.05. The minimum atomic E-state index is 1.06. The van der Waals surface area contributed by atoms with E-state index >= 15 is 0 Å². The molecule has 0 rings (SSSR count). The van der Waals surface area contributed by atoms with Crippen molar-refractivity contribution in [1.29, 1.82) is 0 Å². The lowest BCUT2D eigenvalue weighted by Gasteiger charge is -1.87. The lowest BCUT2D eigenvalue weighted by Crippen LogP contribution is -1.70. The molecular formula is C12H20. The lowest BCUT2D eigenvalue weighted by atomic mass is 10.2. The molecule has 0 fully saturated rings. The van der Waals surface area contributed by atoms with Gasteiger partial charge in [-0.15, -0.1) is 0 Å². The molecule has 0 aliphatic carbocycles. The van der Waals surface area contributed by atoms with Crippen molar-refractivity contribution in [3.8, 4) is 11.8 Å². The van der Waals surface area contributed by atoms with Crippen LogP contribution in [0.1, 0.15) is 52.4 Å². The van der Waals surface area contributed by atoms with Crippen molar-refractivity contribution in [3.63, 3.8) is 0 Å². The number of hydrogen-bond donors (Lipinski definition) is 0. The maximum atomic E-state index is 3.14. The third-order valence-corrected chi connectivity index (χ3v) is 1.66. The summed E-state index contributed by atoms with van der Waals surface area (Å²) in [6, 6.07) is 0. The molecule has 0 saturated heterocycles. The van der Waals surface area contributed by atoms with Crippen molar-refractivity contribution in [3.05, 3.63) is 12.2 Å². The molecule has 0 nitrogen and oxygen atoms in total. The Morgan fingerprint density at radius 2 is 1.92 bits per heavy atom. The summed E-state index contributed by atoms with van der Waals surface area (Å²) in [4.78, 5) is 0. The highest BCUT2D eigenvalue weighted by atomic mass is 13.8. The highest BCUT2D eigenvalue weighted by Crippen LogP contribution is 1.96. The Bertz CT molecular complexity index is 155. The molecule has 0 saturated carbocycles. The van der Waals surface area contributed by atoms with Crippen LogP contribution in [0.4, 0.5) is 0 Å².